The largest absolute Gasteiger partial charge is 0.491 e. The van der Waals surface area contributed by atoms with Gasteiger partial charge in [-0.05, 0) is 43.2 Å². The molecule has 1 aromatic heterocycles. The van der Waals surface area contributed by atoms with E-state index in [1.807, 2.05) is 0 Å². The molecule has 0 amide bonds. The highest BCUT2D eigenvalue weighted by molar-refractivity contribution is 7.99. The predicted octanol–water partition coefficient (Wildman–Crippen LogP) is 7.64. The van der Waals surface area contributed by atoms with E-state index in [2.05, 4.69) is 0 Å². The zero-order valence-corrected chi connectivity index (χ0v) is 22.8. The van der Waals surface area contributed by atoms with Gasteiger partial charge in [0.1, 0.15) is 11.9 Å². The summed E-state index contributed by atoms with van der Waals surface area (Å²) in [5, 5.41) is 0.253. The van der Waals surface area contributed by atoms with Crippen LogP contribution in [0.5, 0.6) is 5.75 Å². The van der Waals surface area contributed by atoms with E-state index < -0.39 is 47.0 Å². The molecule has 0 saturated heterocycles. The Morgan fingerprint density at radius 1 is 1.00 bits per heavy atom. The van der Waals surface area contributed by atoms with Gasteiger partial charge in [0.05, 0.1) is 22.8 Å². The third-order valence-electron chi connectivity index (χ3n) is 7.10. The molecule has 0 N–H and O–H groups in total. The second-order valence-corrected chi connectivity index (χ2v) is 10.5. The number of hydrogen-bond acceptors (Lipinski definition) is 4. The van der Waals surface area contributed by atoms with E-state index in [0.29, 0.717) is 5.56 Å². The molecule has 1 atom stereocenters. The molecular formula is C31H24F5NO3S. The lowest BCUT2D eigenvalue weighted by Crippen LogP contribution is -2.31. The third kappa shape index (κ3) is 5.16. The fraction of sp³-hybridized carbons (Fsp3) is 0.226. The minimum atomic E-state index is -4.83. The number of nitrogens with zero attached hydrogens (tertiary/aromatic N) is 1. The first-order chi connectivity index (χ1) is 19.5. The van der Waals surface area contributed by atoms with Gasteiger partial charge in [0.2, 0.25) is 0 Å². The van der Waals surface area contributed by atoms with Gasteiger partial charge in [-0.25, -0.2) is 8.78 Å². The summed E-state index contributed by atoms with van der Waals surface area (Å²) in [6.45, 7) is 3.33. The van der Waals surface area contributed by atoms with E-state index in [0.717, 1.165) is 30.0 Å². The Morgan fingerprint density at radius 3 is 2.39 bits per heavy atom. The molecule has 5 rings (SSSR count). The number of pyridine rings is 1. The van der Waals surface area contributed by atoms with Crippen molar-refractivity contribution >= 4 is 17.5 Å². The summed E-state index contributed by atoms with van der Waals surface area (Å²) in [5.41, 5.74) is -1.90. The molecule has 2 heterocycles. The average molecular weight is 586 g/mol. The summed E-state index contributed by atoms with van der Waals surface area (Å²) in [6, 6.07) is 14.3. The fourth-order valence-electron chi connectivity index (χ4n) is 5.17. The van der Waals surface area contributed by atoms with Crippen molar-refractivity contribution < 1.29 is 31.5 Å². The van der Waals surface area contributed by atoms with Crippen molar-refractivity contribution in [2.24, 2.45) is 0 Å². The van der Waals surface area contributed by atoms with Gasteiger partial charge in [0, 0.05) is 28.9 Å². The summed E-state index contributed by atoms with van der Waals surface area (Å²) in [4.78, 5) is 27.6. The Labute approximate surface area is 236 Å². The number of hydrogen-bond donors (Lipinski definition) is 0. The van der Waals surface area contributed by atoms with Gasteiger partial charge in [-0.3, -0.25) is 14.2 Å². The van der Waals surface area contributed by atoms with Crippen molar-refractivity contribution in [1.82, 2.24) is 4.57 Å². The van der Waals surface area contributed by atoms with Crippen LogP contribution in [0, 0.1) is 18.6 Å². The minimum Gasteiger partial charge on any atom is -0.491 e. The Hall–Kier alpha value is -3.92. The van der Waals surface area contributed by atoms with Crippen LogP contribution in [0.3, 0.4) is 0 Å². The maximum Gasteiger partial charge on any atom is 0.416 e. The molecule has 0 fully saturated rings. The molecule has 0 radical (unpaired) electrons. The van der Waals surface area contributed by atoms with Gasteiger partial charge in [0.25, 0.3) is 5.56 Å². The van der Waals surface area contributed by atoms with E-state index in [1.54, 1.807) is 37.3 Å². The molecule has 0 saturated carbocycles. The molecule has 1 aliphatic rings. The molecule has 41 heavy (non-hydrogen) atoms. The number of alkyl halides is 3. The van der Waals surface area contributed by atoms with Gasteiger partial charge in [0.15, 0.2) is 17.3 Å². The lowest BCUT2D eigenvalue weighted by molar-refractivity contribution is -0.138. The molecule has 10 heteroatoms. The van der Waals surface area contributed by atoms with Gasteiger partial charge in [-0.15, -0.1) is 11.8 Å². The monoisotopic (exact) mass is 585 g/mol. The zero-order valence-electron chi connectivity index (χ0n) is 22.0. The Morgan fingerprint density at radius 2 is 1.71 bits per heavy atom. The van der Waals surface area contributed by atoms with Crippen LogP contribution in [0.15, 0.2) is 76.6 Å². The number of aromatic nitrogens is 1. The Kier molecular flexibility index (Phi) is 7.78. The molecular weight excluding hydrogens is 561 g/mol. The second-order valence-electron chi connectivity index (χ2n) is 9.51. The van der Waals surface area contributed by atoms with Crippen molar-refractivity contribution in [2.45, 2.75) is 37.5 Å². The smallest absolute Gasteiger partial charge is 0.416 e. The minimum absolute atomic E-state index is 0.101. The highest BCUT2D eigenvalue weighted by Gasteiger charge is 2.38. The number of halogens is 5. The fourth-order valence-corrected chi connectivity index (χ4v) is 6.53. The van der Waals surface area contributed by atoms with Crippen LogP contribution in [-0.4, -0.2) is 22.7 Å². The number of benzene rings is 3. The van der Waals surface area contributed by atoms with Crippen molar-refractivity contribution in [1.29, 1.82) is 0 Å². The van der Waals surface area contributed by atoms with E-state index in [4.69, 9.17) is 4.74 Å². The van der Waals surface area contributed by atoms with Crippen molar-refractivity contribution in [2.75, 3.05) is 12.4 Å². The van der Waals surface area contributed by atoms with E-state index >= 15 is 4.39 Å². The zero-order chi connectivity index (χ0) is 29.5. The van der Waals surface area contributed by atoms with Crippen LogP contribution < -0.4 is 10.3 Å². The van der Waals surface area contributed by atoms with E-state index in [9.17, 15) is 27.2 Å². The van der Waals surface area contributed by atoms with Gasteiger partial charge in [-0.2, -0.15) is 13.2 Å². The number of thioether (sulfide) groups is 1. The van der Waals surface area contributed by atoms with Crippen molar-refractivity contribution in [3.05, 3.63) is 117 Å². The first-order valence-corrected chi connectivity index (χ1v) is 13.8. The van der Waals surface area contributed by atoms with Crippen LogP contribution in [0.1, 0.15) is 45.6 Å². The number of ketones is 1. The number of ether oxygens (including phenoxy) is 1. The van der Waals surface area contributed by atoms with E-state index in [1.165, 1.54) is 29.7 Å². The summed E-state index contributed by atoms with van der Waals surface area (Å²) in [5.74, 6) is -2.22. The van der Waals surface area contributed by atoms with Crippen molar-refractivity contribution in [3.63, 3.8) is 0 Å². The third-order valence-corrected chi connectivity index (χ3v) is 8.30. The second kappa shape index (κ2) is 11.2. The number of carbonyl (C=O) groups excluding carboxylic acids is 1. The van der Waals surface area contributed by atoms with Crippen LogP contribution >= 0.6 is 11.8 Å². The molecule has 1 aliphatic heterocycles. The number of fused-ring (bicyclic) bond motifs is 1. The first kappa shape index (κ1) is 28.6. The molecule has 212 valence electrons. The summed E-state index contributed by atoms with van der Waals surface area (Å²) in [7, 11) is 0. The number of carbonyl (C=O) groups is 1. The van der Waals surface area contributed by atoms with Crippen LogP contribution in [0.2, 0.25) is 0 Å². The highest BCUT2D eigenvalue weighted by atomic mass is 32.2. The highest BCUT2D eigenvalue weighted by Crippen LogP contribution is 2.43. The lowest BCUT2D eigenvalue weighted by Gasteiger charge is -2.22. The molecule has 0 bridgehead atoms. The Balaban J connectivity index is 1.79. The molecule has 3 aromatic carbocycles. The maximum atomic E-state index is 15.7. The van der Waals surface area contributed by atoms with Crippen LogP contribution in [-0.2, 0) is 12.6 Å². The molecule has 0 aliphatic carbocycles. The SMILES string of the molecule is CCOc1cccc(-c2c(C)c(Cc3c(F)cccc3C(F)(F)F)c3n(c2=O)C(C(=O)c2ccccc2)CS3)c1F. The standard InChI is InChI=1S/C31H24F5NO3S/c1-3-40-25-14-7-11-19(27(25)33)26-17(2)20(15-21-22(31(34,35)36)12-8-13-23(21)32)30-37(29(26)39)24(16-41-30)28(38)18-9-5-4-6-10-18/h4-14,24H,3,15-16H2,1-2H3. The summed E-state index contributed by atoms with van der Waals surface area (Å²) >= 11 is 1.13. The molecule has 0 spiro atoms. The van der Waals surface area contributed by atoms with Gasteiger partial charge in [-0.1, -0.05) is 48.5 Å². The van der Waals surface area contributed by atoms with E-state index in [-0.39, 0.29) is 51.2 Å². The number of rotatable bonds is 7. The normalized spacial score (nSPS) is 14.7. The molecule has 4 nitrogen and oxygen atoms in total. The lowest BCUT2D eigenvalue weighted by atomic mass is 9.92. The van der Waals surface area contributed by atoms with Crippen LogP contribution in [0.4, 0.5) is 22.0 Å². The van der Waals surface area contributed by atoms with Crippen molar-refractivity contribution in [3.8, 4) is 16.9 Å². The predicted molar refractivity (Wildman–Crippen MR) is 147 cm³/mol. The van der Waals surface area contributed by atoms with Gasteiger partial charge < -0.3 is 4.74 Å². The first-order valence-electron chi connectivity index (χ1n) is 12.8. The molecule has 1 unspecified atom stereocenters. The van der Waals surface area contributed by atoms with Crippen LogP contribution in [0.25, 0.3) is 11.1 Å². The Bertz CT molecular complexity index is 1700. The van der Waals surface area contributed by atoms with Gasteiger partial charge >= 0.3 is 6.18 Å². The summed E-state index contributed by atoms with van der Waals surface area (Å²) < 4.78 is 78.9. The summed E-state index contributed by atoms with van der Waals surface area (Å²) in [6.07, 6.45) is -5.36. The average Bonchev–Trinajstić information content (AvgIpc) is 3.39. The maximum absolute atomic E-state index is 15.7. The topological polar surface area (TPSA) is 48.3 Å². The number of Topliss-reactive ketones (excluding diaryl/α,β-unsaturated/α-hetero) is 1. The quantitative estimate of drug-likeness (QED) is 0.165. The molecule has 4 aromatic rings.